The molecule has 0 unspecified atom stereocenters. The second-order valence-corrected chi connectivity index (χ2v) is 3.50. The van der Waals surface area contributed by atoms with Gasteiger partial charge in [-0.05, 0) is 18.9 Å². The second-order valence-electron chi connectivity index (χ2n) is 3.50. The summed E-state index contributed by atoms with van der Waals surface area (Å²) in [7, 11) is 0. The van der Waals surface area contributed by atoms with Crippen molar-refractivity contribution in [1.29, 1.82) is 0 Å². The van der Waals surface area contributed by atoms with Gasteiger partial charge >= 0.3 is 0 Å². The zero-order valence-corrected chi connectivity index (χ0v) is 8.08. The van der Waals surface area contributed by atoms with E-state index in [4.69, 9.17) is 5.73 Å². The van der Waals surface area contributed by atoms with Crippen molar-refractivity contribution in [2.45, 2.75) is 20.3 Å². The Kier molecular flexibility index (Phi) is 3.07. The van der Waals surface area contributed by atoms with Gasteiger partial charge in [0.25, 0.3) is 0 Å². The summed E-state index contributed by atoms with van der Waals surface area (Å²) in [4.78, 5) is 10.8. The van der Waals surface area contributed by atoms with Gasteiger partial charge in [0.15, 0.2) is 0 Å². The number of primary amides is 1. The quantitative estimate of drug-likeness (QED) is 0.749. The van der Waals surface area contributed by atoms with E-state index in [0.29, 0.717) is 0 Å². The van der Waals surface area contributed by atoms with Gasteiger partial charge in [0.1, 0.15) is 0 Å². The van der Waals surface area contributed by atoms with Crippen LogP contribution in [0.25, 0.3) is 0 Å². The third-order valence-electron chi connectivity index (χ3n) is 2.11. The first-order chi connectivity index (χ1) is 6.09. The average Bonchev–Trinajstić information content (AvgIpc) is 2.04. The van der Waals surface area contributed by atoms with E-state index in [1.807, 2.05) is 32.0 Å². The van der Waals surface area contributed by atoms with Gasteiger partial charge in [-0.25, -0.2) is 0 Å². The fourth-order valence-electron chi connectivity index (χ4n) is 1.29. The third-order valence-corrected chi connectivity index (χ3v) is 2.11. The van der Waals surface area contributed by atoms with Crippen LogP contribution >= 0.6 is 0 Å². The summed E-state index contributed by atoms with van der Waals surface area (Å²) < 4.78 is 0. The highest BCUT2D eigenvalue weighted by atomic mass is 16.1. The van der Waals surface area contributed by atoms with E-state index >= 15 is 0 Å². The number of carbonyl (C=O) groups excluding carboxylic acids is 1. The number of carbonyl (C=O) groups is 1. The summed E-state index contributed by atoms with van der Waals surface area (Å²) in [5, 5.41) is 0. The standard InChI is InChI=1S/C11H15NO/c1-8-4-3-5-10(6-8)7-9(2)11(12)13/h3-6,9H,7H2,1-2H3,(H2,12,13)/t9-/m0/s1. The molecule has 2 heteroatoms. The Bertz CT molecular complexity index is 307. The summed E-state index contributed by atoms with van der Waals surface area (Å²) in [5.74, 6) is -0.316. The number of rotatable bonds is 3. The van der Waals surface area contributed by atoms with Crippen LogP contribution in [0, 0.1) is 12.8 Å². The summed E-state index contributed by atoms with van der Waals surface area (Å²) in [5.41, 5.74) is 7.57. The fourth-order valence-corrected chi connectivity index (χ4v) is 1.29. The van der Waals surface area contributed by atoms with E-state index in [0.717, 1.165) is 6.42 Å². The number of aryl methyl sites for hydroxylation is 1. The molecule has 0 aliphatic rings. The molecule has 0 heterocycles. The van der Waals surface area contributed by atoms with Crippen LogP contribution in [0.3, 0.4) is 0 Å². The highest BCUT2D eigenvalue weighted by Crippen LogP contribution is 2.09. The van der Waals surface area contributed by atoms with E-state index in [-0.39, 0.29) is 11.8 Å². The maximum Gasteiger partial charge on any atom is 0.220 e. The van der Waals surface area contributed by atoms with Crippen LogP contribution in [-0.2, 0) is 11.2 Å². The molecule has 70 valence electrons. The van der Waals surface area contributed by atoms with Gasteiger partial charge in [0.2, 0.25) is 5.91 Å². The lowest BCUT2D eigenvalue weighted by Gasteiger charge is -2.07. The molecule has 0 spiro atoms. The first-order valence-corrected chi connectivity index (χ1v) is 4.44. The maximum absolute atomic E-state index is 10.8. The first kappa shape index (κ1) is 9.78. The summed E-state index contributed by atoms with van der Waals surface area (Å²) >= 11 is 0. The molecule has 2 nitrogen and oxygen atoms in total. The Morgan fingerprint density at radius 2 is 2.23 bits per heavy atom. The molecule has 0 bridgehead atoms. The van der Waals surface area contributed by atoms with E-state index in [1.54, 1.807) is 0 Å². The lowest BCUT2D eigenvalue weighted by atomic mass is 9.99. The normalized spacial score (nSPS) is 12.5. The van der Waals surface area contributed by atoms with Crippen LogP contribution < -0.4 is 5.73 Å². The second kappa shape index (κ2) is 4.08. The van der Waals surface area contributed by atoms with E-state index < -0.39 is 0 Å². The molecular formula is C11H15NO. The van der Waals surface area contributed by atoms with Gasteiger partial charge in [-0.2, -0.15) is 0 Å². The van der Waals surface area contributed by atoms with Gasteiger partial charge < -0.3 is 5.73 Å². The van der Waals surface area contributed by atoms with Crippen LogP contribution in [0.5, 0.6) is 0 Å². The first-order valence-electron chi connectivity index (χ1n) is 4.44. The third kappa shape index (κ3) is 2.90. The van der Waals surface area contributed by atoms with Crippen molar-refractivity contribution >= 4 is 5.91 Å². The largest absolute Gasteiger partial charge is 0.369 e. The Morgan fingerprint density at radius 3 is 2.77 bits per heavy atom. The number of nitrogens with two attached hydrogens (primary N) is 1. The predicted octanol–water partition coefficient (Wildman–Crippen LogP) is 1.66. The SMILES string of the molecule is Cc1cccc(C[C@H](C)C(N)=O)c1. The minimum atomic E-state index is -0.235. The predicted molar refractivity (Wildman–Crippen MR) is 53.2 cm³/mol. The Balaban J connectivity index is 2.69. The monoisotopic (exact) mass is 177 g/mol. The number of amides is 1. The number of hydrogen-bond acceptors (Lipinski definition) is 1. The van der Waals surface area contributed by atoms with Crippen molar-refractivity contribution in [2.75, 3.05) is 0 Å². The fraction of sp³-hybridized carbons (Fsp3) is 0.364. The molecule has 1 atom stereocenters. The van der Waals surface area contributed by atoms with Crippen molar-refractivity contribution in [1.82, 2.24) is 0 Å². The molecule has 1 aromatic carbocycles. The van der Waals surface area contributed by atoms with Gasteiger partial charge in [0.05, 0.1) is 0 Å². The topological polar surface area (TPSA) is 43.1 Å². The van der Waals surface area contributed by atoms with Crippen LogP contribution in [0.2, 0.25) is 0 Å². The molecule has 0 aliphatic carbocycles. The van der Waals surface area contributed by atoms with Gasteiger partial charge in [-0.1, -0.05) is 36.8 Å². The summed E-state index contributed by atoms with van der Waals surface area (Å²) in [6.07, 6.45) is 0.733. The molecular weight excluding hydrogens is 162 g/mol. The highest BCUT2D eigenvalue weighted by Gasteiger charge is 2.08. The molecule has 13 heavy (non-hydrogen) atoms. The summed E-state index contributed by atoms with van der Waals surface area (Å²) in [6, 6.07) is 8.14. The molecule has 0 saturated carbocycles. The van der Waals surface area contributed by atoms with Crippen LogP contribution in [0.4, 0.5) is 0 Å². The molecule has 0 aliphatic heterocycles. The Morgan fingerprint density at radius 1 is 1.54 bits per heavy atom. The van der Waals surface area contributed by atoms with Crippen LogP contribution in [0.1, 0.15) is 18.1 Å². The van der Waals surface area contributed by atoms with Crippen molar-refractivity contribution in [2.24, 2.45) is 11.7 Å². The molecule has 1 amide bonds. The van der Waals surface area contributed by atoms with Gasteiger partial charge in [-0.3, -0.25) is 4.79 Å². The van der Waals surface area contributed by atoms with Crippen molar-refractivity contribution in [3.8, 4) is 0 Å². The van der Waals surface area contributed by atoms with Crippen molar-refractivity contribution in [3.63, 3.8) is 0 Å². The van der Waals surface area contributed by atoms with Crippen molar-refractivity contribution < 1.29 is 4.79 Å². The molecule has 2 N–H and O–H groups in total. The zero-order valence-electron chi connectivity index (χ0n) is 8.08. The van der Waals surface area contributed by atoms with E-state index in [9.17, 15) is 4.79 Å². The van der Waals surface area contributed by atoms with Gasteiger partial charge in [0, 0.05) is 5.92 Å². The molecule has 1 aromatic rings. The average molecular weight is 177 g/mol. The lowest BCUT2D eigenvalue weighted by molar-refractivity contribution is -0.121. The molecule has 0 aromatic heterocycles. The lowest BCUT2D eigenvalue weighted by Crippen LogP contribution is -2.22. The number of benzene rings is 1. The summed E-state index contributed by atoms with van der Waals surface area (Å²) in [6.45, 7) is 3.89. The smallest absolute Gasteiger partial charge is 0.220 e. The molecule has 0 saturated heterocycles. The highest BCUT2D eigenvalue weighted by molar-refractivity contribution is 5.76. The minimum absolute atomic E-state index is 0.0817. The molecule has 0 radical (unpaired) electrons. The Labute approximate surface area is 78.8 Å². The van der Waals surface area contributed by atoms with Gasteiger partial charge in [-0.15, -0.1) is 0 Å². The van der Waals surface area contributed by atoms with E-state index in [1.165, 1.54) is 11.1 Å². The minimum Gasteiger partial charge on any atom is -0.369 e. The molecule has 0 fully saturated rings. The Hall–Kier alpha value is -1.31. The van der Waals surface area contributed by atoms with E-state index in [2.05, 4.69) is 6.07 Å². The number of hydrogen-bond donors (Lipinski definition) is 1. The zero-order chi connectivity index (χ0) is 9.84. The van der Waals surface area contributed by atoms with Crippen LogP contribution in [0.15, 0.2) is 24.3 Å². The van der Waals surface area contributed by atoms with Crippen LogP contribution in [-0.4, -0.2) is 5.91 Å². The maximum atomic E-state index is 10.8. The van der Waals surface area contributed by atoms with Crippen molar-refractivity contribution in [3.05, 3.63) is 35.4 Å². The molecule has 1 rings (SSSR count).